The molecule has 0 atom stereocenters. The lowest BCUT2D eigenvalue weighted by atomic mass is 9.89. The average molecular weight is 177 g/mol. The summed E-state index contributed by atoms with van der Waals surface area (Å²) in [5.74, 6) is 0. The third kappa shape index (κ3) is 1.23. The quantitative estimate of drug-likeness (QED) is 0.432. The second kappa shape index (κ2) is 2.93. The monoisotopic (exact) mass is 177 g/mol. The Bertz CT molecular complexity index is 251. The molecule has 0 saturated heterocycles. The van der Waals surface area contributed by atoms with E-state index in [2.05, 4.69) is 16.8 Å². The van der Waals surface area contributed by atoms with E-state index in [1.807, 2.05) is 0 Å². The summed E-state index contributed by atoms with van der Waals surface area (Å²) in [4.78, 5) is 0. The van der Waals surface area contributed by atoms with Crippen LogP contribution in [0.4, 0.5) is 0 Å². The average Bonchev–Trinajstić information content (AvgIpc) is 2.72. The maximum absolute atomic E-state index is 4.83. The molecule has 2 heteroatoms. The van der Waals surface area contributed by atoms with Crippen molar-refractivity contribution >= 4 is 0 Å². The molecule has 4 aliphatic rings. The van der Waals surface area contributed by atoms with Crippen LogP contribution < -0.4 is 0 Å². The van der Waals surface area contributed by atoms with Crippen LogP contribution >= 0.6 is 0 Å². The lowest BCUT2D eigenvalue weighted by Gasteiger charge is -2.30. The Morgan fingerprint density at radius 3 is 2.15 bits per heavy atom. The van der Waals surface area contributed by atoms with E-state index < -0.39 is 0 Å². The van der Waals surface area contributed by atoms with E-state index in [1.165, 1.54) is 38.5 Å². The maximum atomic E-state index is 4.83. The summed E-state index contributed by atoms with van der Waals surface area (Å²) in [6.45, 7) is 0. The van der Waals surface area contributed by atoms with Gasteiger partial charge in [-0.3, -0.25) is 0 Å². The smallest absolute Gasteiger partial charge is 0.121 e. The first-order chi connectivity index (χ1) is 6.43. The van der Waals surface area contributed by atoms with Crippen LogP contribution in [-0.4, -0.2) is 22.8 Å². The highest BCUT2D eigenvalue weighted by Crippen LogP contribution is 2.32. The van der Waals surface area contributed by atoms with Crippen molar-refractivity contribution in [2.75, 3.05) is 0 Å². The van der Waals surface area contributed by atoms with Gasteiger partial charge in [-0.15, -0.1) is 4.70 Å². The van der Waals surface area contributed by atoms with Crippen LogP contribution in [0.3, 0.4) is 0 Å². The Kier molecular flexibility index (Phi) is 1.74. The summed E-state index contributed by atoms with van der Waals surface area (Å²) in [6, 6.07) is 2.17. The van der Waals surface area contributed by atoms with Crippen molar-refractivity contribution in [1.29, 1.82) is 0 Å². The van der Waals surface area contributed by atoms with Crippen LogP contribution in [0, 0.1) is 0 Å². The molecule has 2 aliphatic carbocycles. The molecule has 2 aliphatic heterocycles. The Labute approximate surface area is 79.3 Å². The lowest BCUT2D eigenvalue weighted by Crippen LogP contribution is -2.42. The second-order valence-corrected chi connectivity index (χ2v) is 4.55. The van der Waals surface area contributed by atoms with E-state index in [9.17, 15) is 0 Å². The predicted molar refractivity (Wildman–Crippen MR) is 50.9 cm³/mol. The number of rotatable bonds is 1. The van der Waals surface area contributed by atoms with Crippen LogP contribution in [0.15, 0.2) is 17.3 Å². The fourth-order valence-electron chi connectivity index (χ4n) is 2.93. The molecular formula is C11H17N2+. The molecule has 1 fully saturated rings. The van der Waals surface area contributed by atoms with Crippen LogP contribution in [0.25, 0.3) is 0 Å². The molecule has 0 spiro atoms. The van der Waals surface area contributed by atoms with Crippen LogP contribution in [-0.2, 0) is 0 Å². The van der Waals surface area contributed by atoms with Gasteiger partial charge in [-0.25, -0.2) is 0 Å². The highest BCUT2D eigenvalue weighted by atomic mass is 15.3. The van der Waals surface area contributed by atoms with E-state index in [0.717, 1.165) is 6.04 Å². The van der Waals surface area contributed by atoms with Gasteiger partial charge in [0.1, 0.15) is 6.04 Å². The largest absolute Gasteiger partial charge is 0.185 e. The van der Waals surface area contributed by atoms with Crippen molar-refractivity contribution in [1.82, 2.24) is 0 Å². The van der Waals surface area contributed by atoms with Gasteiger partial charge in [0.2, 0.25) is 0 Å². The topological polar surface area (TPSA) is 15.4 Å². The summed E-state index contributed by atoms with van der Waals surface area (Å²) in [6.07, 6.45) is 12.6. The minimum absolute atomic E-state index is 0.672. The fourth-order valence-corrected chi connectivity index (χ4v) is 2.93. The Hall–Kier alpha value is -0.660. The maximum Gasteiger partial charge on any atom is 0.185 e. The van der Waals surface area contributed by atoms with Crippen LogP contribution in [0.5, 0.6) is 0 Å². The molecule has 2 nitrogen and oxygen atoms in total. The first kappa shape index (κ1) is 7.72. The molecule has 0 aromatic carbocycles. The third-order valence-electron chi connectivity index (χ3n) is 3.69. The number of azo groups is 2. The molecular weight excluding hydrogens is 160 g/mol. The number of hydrogen-bond acceptors (Lipinski definition) is 1. The standard InChI is InChI=1S/C11H17N2/c1-2-4-10(3-1)13-11-7-5-9(12-13)6-8-11/h1-2,9-11H,3-8H2/q+1. The zero-order chi connectivity index (χ0) is 8.67. The summed E-state index contributed by atoms with van der Waals surface area (Å²) in [5.41, 5.74) is 0. The van der Waals surface area contributed by atoms with Gasteiger partial charge in [-0.05, 0) is 18.0 Å². The first-order valence-electron chi connectivity index (χ1n) is 5.57. The van der Waals surface area contributed by atoms with Crippen molar-refractivity contribution in [3.8, 4) is 0 Å². The van der Waals surface area contributed by atoms with Gasteiger partial charge in [0.25, 0.3) is 0 Å². The van der Waals surface area contributed by atoms with E-state index in [4.69, 9.17) is 5.11 Å². The summed E-state index contributed by atoms with van der Waals surface area (Å²) in [5, 5.41) is 4.83. The molecule has 0 N–H and O–H groups in total. The summed E-state index contributed by atoms with van der Waals surface area (Å²) >= 11 is 0. The summed E-state index contributed by atoms with van der Waals surface area (Å²) < 4.78 is 2.44. The van der Waals surface area contributed by atoms with Crippen molar-refractivity contribution < 1.29 is 4.70 Å². The molecule has 0 radical (unpaired) electrons. The molecule has 0 amide bonds. The molecule has 0 aromatic heterocycles. The zero-order valence-electron chi connectivity index (χ0n) is 8.02. The first-order valence-corrected chi connectivity index (χ1v) is 5.57. The van der Waals surface area contributed by atoms with Gasteiger partial charge < -0.3 is 0 Å². The van der Waals surface area contributed by atoms with Crippen molar-refractivity contribution in [3.63, 3.8) is 0 Å². The van der Waals surface area contributed by atoms with Crippen LogP contribution in [0.1, 0.15) is 38.5 Å². The minimum atomic E-state index is 0.672. The van der Waals surface area contributed by atoms with Crippen molar-refractivity contribution in [2.45, 2.75) is 56.7 Å². The van der Waals surface area contributed by atoms with Gasteiger partial charge >= 0.3 is 0 Å². The Morgan fingerprint density at radius 1 is 0.923 bits per heavy atom. The van der Waals surface area contributed by atoms with Crippen LogP contribution in [0.2, 0.25) is 0 Å². The molecule has 13 heavy (non-hydrogen) atoms. The SMILES string of the molecule is C1=CCC([N+]2=NC3CCC2CC3)C1. The highest BCUT2D eigenvalue weighted by Gasteiger charge is 2.40. The van der Waals surface area contributed by atoms with E-state index in [-0.39, 0.29) is 0 Å². The Balaban J connectivity index is 1.83. The highest BCUT2D eigenvalue weighted by molar-refractivity contribution is 4.95. The van der Waals surface area contributed by atoms with Gasteiger partial charge in [0.05, 0.1) is 0 Å². The number of nitrogens with zero attached hydrogens (tertiary/aromatic N) is 2. The van der Waals surface area contributed by atoms with E-state index in [1.54, 1.807) is 0 Å². The number of hydrogen-bond donors (Lipinski definition) is 0. The molecule has 2 heterocycles. The van der Waals surface area contributed by atoms with E-state index in [0.29, 0.717) is 12.1 Å². The molecule has 4 rings (SSSR count). The molecule has 0 aromatic rings. The fraction of sp³-hybridized carbons (Fsp3) is 0.818. The van der Waals surface area contributed by atoms with Gasteiger partial charge in [-0.1, -0.05) is 12.2 Å². The van der Waals surface area contributed by atoms with Crippen molar-refractivity contribution in [3.05, 3.63) is 12.2 Å². The second-order valence-electron chi connectivity index (χ2n) is 4.55. The Morgan fingerprint density at radius 2 is 1.62 bits per heavy atom. The normalized spacial score (nSPS) is 38.3. The molecule has 70 valence electrons. The van der Waals surface area contributed by atoms with Gasteiger partial charge in [0, 0.05) is 25.7 Å². The summed E-state index contributed by atoms with van der Waals surface area (Å²) in [7, 11) is 0. The van der Waals surface area contributed by atoms with Crippen molar-refractivity contribution in [2.24, 2.45) is 5.11 Å². The van der Waals surface area contributed by atoms with E-state index >= 15 is 0 Å². The van der Waals surface area contributed by atoms with Gasteiger partial charge in [0.15, 0.2) is 12.1 Å². The molecule has 2 bridgehead atoms. The lowest BCUT2D eigenvalue weighted by molar-refractivity contribution is -0.675. The minimum Gasteiger partial charge on any atom is -0.121 e. The number of fused-ring (bicyclic) bond motifs is 2. The molecule has 0 unspecified atom stereocenters. The third-order valence-corrected chi connectivity index (χ3v) is 3.69. The van der Waals surface area contributed by atoms with Gasteiger partial charge in [-0.2, -0.15) is 0 Å². The molecule has 1 saturated carbocycles. The predicted octanol–water partition coefficient (Wildman–Crippen LogP) is 2.49. The zero-order valence-corrected chi connectivity index (χ0v) is 8.02.